The van der Waals surface area contributed by atoms with E-state index in [9.17, 15) is 9.36 Å². The predicted octanol–water partition coefficient (Wildman–Crippen LogP) is 4.15. The summed E-state index contributed by atoms with van der Waals surface area (Å²) in [5.74, 6) is 1.79. The van der Waals surface area contributed by atoms with Gasteiger partial charge in [-0.15, -0.1) is 0 Å². The first-order chi connectivity index (χ1) is 9.03. The fourth-order valence-corrected chi connectivity index (χ4v) is 2.77. The zero-order valence-electron chi connectivity index (χ0n) is 11.3. The van der Waals surface area contributed by atoms with Crippen molar-refractivity contribution < 1.29 is 14.1 Å². The van der Waals surface area contributed by atoms with Crippen LogP contribution in [0.25, 0.3) is 6.08 Å². The highest BCUT2D eigenvalue weighted by Gasteiger charge is 2.11. The second-order valence-corrected chi connectivity index (χ2v) is 7.56. The summed E-state index contributed by atoms with van der Waals surface area (Å²) in [5, 5.41) is 0. The zero-order chi connectivity index (χ0) is 14.3. The van der Waals surface area contributed by atoms with E-state index in [0.717, 1.165) is 11.6 Å². The lowest BCUT2D eigenvalue weighted by Gasteiger charge is -2.07. The fourth-order valence-electron chi connectivity index (χ4n) is 1.46. The van der Waals surface area contributed by atoms with Crippen LogP contribution in [0.4, 0.5) is 0 Å². The van der Waals surface area contributed by atoms with E-state index in [1.54, 1.807) is 17.9 Å². The van der Waals surface area contributed by atoms with Crippen LogP contribution >= 0.6 is 7.14 Å². The number of ether oxygens (including phenoxy) is 1. The van der Waals surface area contributed by atoms with Gasteiger partial charge in [0.15, 0.2) is 0 Å². The second-order valence-electron chi connectivity index (χ2n) is 4.09. The Hall–Kier alpha value is -1.60. The van der Waals surface area contributed by atoms with Crippen molar-refractivity contribution in [2.24, 2.45) is 0 Å². The van der Waals surface area contributed by atoms with Crippen LogP contribution in [0.15, 0.2) is 42.7 Å². The van der Waals surface area contributed by atoms with Gasteiger partial charge in [-0.05, 0) is 23.5 Å². The first-order valence-corrected chi connectivity index (χ1v) is 8.39. The van der Waals surface area contributed by atoms with Crippen LogP contribution in [0.2, 0.25) is 0 Å². The van der Waals surface area contributed by atoms with Gasteiger partial charge in [-0.1, -0.05) is 38.6 Å². The molecule has 1 rings (SSSR count). The number of hydrogen-bond donors (Lipinski definition) is 0. The first kappa shape index (κ1) is 15.5. The smallest absolute Gasteiger partial charge is 0.335 e. The summed E-state index contributed by atoms with van der Waals surface area (Å²) < 4.78 is 17.2. The first-order valence-electron chi connectivity index (χ1n) is 6.24. The third-order valence-corrected chi connectivity index (χ3v) is 5.71. The van der Waals surface area contributed by atoms with Gasteiger partial charge in [0, 0.05) is 18.4 Å². The monoisotopic (exact) mass is 278 g/mol. The minimum atomic E-state index is -2.17. The molecule has 1 aromatic rings. The Morgan fingerprint density at radius 3 is 2.32 bits per heavy atom. The van der Waals surface area contributed by atoms with E-state index in [2.05, 4.69) is 6.58 Å². The van der Waals surface area contributed by atoms with Gasteiger partial charge in [-0.25, -0.2) is 4.79 Å². The molecule has 0 atom stereocenters. The van der Waals surface area contributed by atoms with Gasteiger partial charge < -0.3 is 9.30 Å². The van der Waals surface area contributed by atoms with Crippen LogP contribution in [-0.2, 0) is 9.36 Å². The molecule has 0 aliphatic carbocycles. The third kappa shape index (κ3) is 4.88. The standard InChI is InChI=1S/C15H19O3P/c1-4-15(16)18-14-9-7-13(8-10-14)11-12-19(17,5-2)6-3/h4,7-12H,1,5-6H2,2-3H3/b12-11+. The molecule has 4 heteroatoms. The molecule has 0 heterocycles. The van der Waals surface area contributed by atoms with E-state index >= 15 is 0 Å². The molecule has 1 aromatic carbocycles. The van der Waals surface area contributed by atoms with Gasteiger partial charge >= 0.3 is 5.97 Å². The summed E-state index contributed by atoms with van der Waals surface area (Å²) in [6.07, 6.45) is 4.32. The van der Waals surface area contributed by atoms with E-state index in [-0.39, 0.29) is 0 Å². The third-order valence-electron chi connectivity index (χ3n) is 2.87. The lowest BCUT2D eigenvalue weighted by molar-refractivity contribution is -0.128. The molecule has 102 valence electrons. The number of rotatable bonds is 6. The maximum Gasteiger partial charge on any atom is 0.335 e. The van der Waals surface area contributed by atoms with Crippen LogP contribution in [0, 0.1) is 0 Å². The normalized spacial score (nSPS) is 11.5. The minimum Gasteiger partial charge on any atom is -0.423 e. The summed E-state index contributed by atoms with van der Waals surface area (Å²) in [7, 11) is -2.17. The molecule has 0 unspecified atom stereocenters. The molecule has 0 radical (unpaired) electrons. The number of benzene rings is 1. The molecule has 0 saturated heterocycles. The topological polar surface area (TPSA) is 43.4 Å². The van der Waals surface area contributed by atoms with E-state index in [1.165, 1.54) is 0 Å². The molecule has 0 aliphatic heterocycles. The quantitative estimate of drug-likeness (QED) is 0.340. The Morgan fingerprint density at radius 2 is 1.84 bits per heavy atom. The van der Waals surface area contributed by atoms with Crippen LogP contribution in [-0.4, -0.2) is 18.3 Å². The predicted molar refractivity (Wildman–Crippen MR) is 80.0 cm³/mol. The summed E-state index contributed by atoms with van der Waals surface area (Å²) in [5.41, 5.74) is 0.931. The summed E-state index contributed by atoms with van der Waals surface area (Å²) >= 11 is 0. The summed E-state index contributed by atoms with van der Waals surface area (Å²) in [4.78, 5) is 11.0. The van der Waals surface area contributed by atoms with Gasteiger partial charge in [0.25, 0.3) is 0 Å². The van der Waals surface area contributed by atoms with Crippen molar-refractivity contribution >= 4 is 19.2 Å². The maximum absolute atomic E-state index is 12.2. The van der Waals surface area contributed by atoms with Crippen molar-refractivity contribution in [3.63, 3.8) is 0 Å². The molecule has 0 aromatic heterocycles. The van der Waals surface area contributed by atoms with Gasteiger partial charge in [-0.2, -0.15) is 0 Å². The van der Waals surface area contributed by atoms with Crippen LogP contribution in [0.1, 0.15) is 19.4 Å². The van der Waals surface area contributed by atoms with Gasteiger partial charge in [0.05, 0.1) is 0 Å². The Labute approximate surface area is 114 Å². The molecule has 0 spiro atoms. The van der Waals surface area contributed by atoms with Gasteiger partial charge in [0.2, 0.25) is 0 Å². The summed E-state index contributed by atoms with van der Waals surface area (Å²) in [6, 6.07) is 7.03. The summed E-state index contributed by atoms with van der Waals surface area (Å²) in [6.45, 7) is 7.21. The Morgan fingerprint density at radius 1 is 1.26 bits per heavy atom. The fraction of sp³-hybridized carbons (Fsp3) is 0.267. The van der Waals surface area contributed by atoms with Crippen molar-refractivity contribution in [2.45, 2.75) is 13.8 Å². The van der Waals surface area contributed by atoms with Gasteiger partial charge in [-0.3, -0.25) is 0 Å². The van der Waals surface area contributed by atoms with E-state index in [1.807, 2.05) is 32.1 Å². The number of carbonyl (C=O) groups is 1. The largest absolute Gasteiger partial charge is 0.423 e. The van der Waals surface area contributed by atoms with Crippen LogP contribution in [0.5, 0.6) is 5.75 Å². The van der Waals surface area contributed by atoms with E-state index in [0.29, 0.717) is 18.1 Å². The molecular weight excluding hydrogens is 259 g/mol. The Bertz CT molecular complexity index is 507. The van der Waals surface area contributed by atoms with E-state index in [4.69, 9.17) is 4.74 Å². The highest BCUT2D eigenvalue weighted by atomic mass is 31.2. The molecule has 0 amide bonds. The number of hydrogen-bond acceptors (Lipinski definition) is 3. The van der Waals surface area contributed by atoms with Crippen LogP contribution in [0.3, 0.4) is 0 Å². The van der Waals surface area contributed by atoms with Gasteiger partial charge in [0.1, 0.15) is 12.9 Å². The molecule has 0 fully saturated rings. The highest BCUT2D eigenvalue weighted by molar-refractivity contribution is 7.67. The molecule has 3 nitrogen and oxygen atoms in total. The van der Waals surface area contributed by atoms with Crippen molar-refractivity contribution in [1.29, 1.82) is 0 Å². The molecule has 0 bridgehead atoms. The van der Waals surface area contributed by atoms with Crippen molar-refractivity contribution in [2.75, 3.05) is 12.3 Å². The maximum atomic E-state index is 12.2. The van der Waals surface area contributed by atoms with Crippen molar-refractivity contribution in [1.82, 2.24) is 0 Å². The molecule has 0 saturated carbocycles. The molecule has 0 N–H and O–H groups in total. The van der Waals surface area contributed by atoms with E-state index < -0.39 is 13.1 Å². The Balaban J connectivity index is 2.77. The number of carbonyl (C=O) groups excluding carboxylic acids is 1. The lowest BCUT2D eigenvalue weighted by atomic mass is 10.2. The van der Waals surface area contributed by atoms with Crippen molar-refractivity contribution in [3.05, 3.63) is 48.3 Å². The number of esters is 1. The highest BCUT2D eigenvalue weighted by Crippen LogP contribution is 2.46. The Kier molecular flexibility index (Phi) is 5.78. The van der Waals surface area contributed by atoms with Crippen LogP contribution < -0.4 is 4.74 Å². The molecule has 0 aliphatic rings. The molecular formula is C15H19O3P. The second kappa shape index (κ2) is 7.10. The average molecular weight is 278 g/mol. The minimum absolute atomic E-state index is 0.469. The molecule has 19 heavy (non-hydrogen) atoms. The SMILES string of the molecule is C=CC(=O)Oc1ccc(/C=C/P(=O)(CC)CC)cc1. The lowest BCUT2D eigenvalue weighted by Crippen LogP contribution is -2.02. The van der Waals surface area contributed by atoms with Crippen molar-refractivity contribution in [3.8, 4) is 5.75 Å². The zero-order valence-corrected chi connectivity index (χ0v) is 12.2. The average Bonchev–Trinajstić information content (AvgIpc) is 2.46.